The van der Waals surface area contributed by atoms with Crippen LogP contribution in [0.25, 0.3) is 0 Å². The van der Waals surface area contributed by atoms with Gasteiger partial charge in [-0.05, 0) is 49.6 Å². The summed E-state index contributed by atoms with van der Waals surface area (Å²) in [5.74, 6) is -0.462. The Morgan fingerprint density at radius 2 is 1.88 bits per heavy atom. The first-order chi connectivity index (χ1) is 12.2. The summed E-state index contributed by atoms with van der Waals surface area (Å²) >= 11 is 11.8. The van der Waals surface area contributed by atoms with Gasteiger partial charge in [-0.3, -0.25) is 4.79 Å². The quantitative estimate of drug-likeness (QED) is 0.744. The van der Waals surface area contributed by atoms with Crippen molar-refractivity contribution in [2.45, 2.75) is 38.1 Å². The molecule has 0 radical (unpaired) electrons. The van der Waals surface area contributed by atoms with Gasteiger partial charge in [-0.2, -0.15) is 4.72 Å². The van der Waals surface area contributed by atoms with Crippen molar-refractivity contribution >= 4 is 44.8 Å². The van der Waals surface area contributed by atoms with E-state index < -0.39 is 22.0 Å². The Morgan fingerprint density at radius 3 is 2.54 bits per heavy atom. The average molecular weight is 415 g/mol. The first-order valence-electron chi connectivity index (χ1n) is 8.02. The van der Waals surface area contributed by atoms with Gasteiger partial charge in [-0.1, -0.05) is 48.3 Å². The molecular formula is C18H20Cl2N2O3S. The molecule has 5 nitrogen and oxygen atoms in total. The lowest BCUT2D eigenvalue weighted by Gasteiger charge is -2.18. The molecule has 0 aliphatic heterocycles. The Labute approximate surface area is 163 Å². The molecule has 2 N–H and O–H groups in total. The number of rotatable bonds is 6. The highest BCUT2D eigenvalue weighted by Gasteiger charge is 2.25. The molecule has 0 unspecified atom stereocenters. The zero-order chi connectivity index (χ0) is 19.5. The number of nitrogens with one attached hydrogen (secondary N) is 2. The molecule has 0 heterocycles. The van der Waals surface area contributed by atoms with Gasteiger partial charge >= 0.3 is 0 Å². The van der Waals surface area contributed by atoms with E-state index in [0.29, 0.717) is 5.69 Å². The Morgan fingerprint density at radius 1 is 1.19 bits per heavy atom. The summed E-state index contributed by atoms with van der Waals surface area (Å²) in [6.07, 6.45) is 0.746. The number of anilines is 1. The summed E-state index contributed by atoms with van der Waals surface area (Å²) in [6, 6.07) is 8.84. The molecule has 0 bridgehead atoms. The number of carbonyl (C=O) groups is 1. The number of hydrogen-bond donors (Lipinski definition) is 2. The number of carbonyl (C=O) groups excluding carboxylic acids is 1. The third-order valence-electron chi connectivity index (χ3n) is 3.90. The van der Waals surface area contributed by atoms with E-state index in [1.54, 1.807) is 0 Å². The van der Waals surface area contributed by atoms with Gasteiger partial charge in [0, 0.05) is 10.7 Å². The molecule has 2 aromatic carbocycles. The minimum absolute atomic E-state index is 0.0293. The topological polar surface area (TPSA) is 75.3 Å². The second-order valence-corrected chi connectivity index (χ2v) is 8.40. The largest absolute Gasteiger partial charge is 0.324 e. The zero-order valence-electron chi connectivity index (χ0n) is 14.6. The summed E-state index contributed by atoms with van der Waals surface area (Å²) in [4.78, 5) is 12.3. The smallest absolute Gasteiger partial charge is 0.242 e. The summed E-state index contributed by atoms with van der Waals surface area (Å²) in [5.41, 5.74) is 2.59. The maximum Gasteiger partial charge on any atom is 0.242 e. The van der Waals surface area contributed by atoms with Crippen LogP contribution in [0.4, 0.5) is 5.69 Å². The maximum atomic E-state index is 12.5. The minimum Gasteiger partial charge on any atom is -0.324 e. The van der Waals surface area contributed by atoms with Gasteiger partial charge in [0.2, 0.25) is 15.9 Å². The van der Waals surface area contributed by atoms with Crippen molar-refractivity contribution < 1.29 is 13.2 Å². The van der Waals surface area contributed by atoms with Crippen LogP contribution in [0, 0.1) is 6.92 Å². The summed E-state index contributed by atoms with van der Waals surface area (Å²) in [6.45, 7) is 5.34. The van der Waals surface area contributed by atoms with Crippen molar-refractivity contribution in [1.29, 1.82) is 0 Å². The van der Waals surface area contributed by atoms with Crippen LogP contribution >= 0.6 is 23.2 Å². The lowest BCUT2D eigenvalue weighted by atomic mass is 10.1. The van der Waals surface area contributed by atoms with Crippen molar-refractivity contribution in [1.82, 2.24) is 4.72 Å². The second kappa shape index (κ2) is 8.39. The normalized spacial score (nSPS) is 12.7. The molecule has 0 saturated carbocycles. The maximum absolute atomic E-state index is 12.5. The number of para-hydroxylation sites is 1. The van der Waals surface area contributed by atoms with E-state index in [-0.39, 0.29) is 14.9 Å². The molecule has 0 spiro atoms. The van der Waals surface area contributed by atoms with E-state index in [1.165, 1.54) is 25.1 Å². The predicted octanol–water partition coefficient (Wildman–Crippen LogP) is 4.17. The van der Waals surface area contributed by atoms with Gasteiger partial charge in [0.1, 0.15) is 4.90 Å². The average Bonchev–Trinajstić information content (AvgIpc) is 2.58. The van der Waals surface area contributed by atoms with Crippen LogP contribution in [-0.2, 0) is 21.2 Å². The van der Waals surface area contributed by atoms with Gasteiger partial charge in [0.15, 0.2) is 0 Å². The molecule has 0 aromatic heterocycles. The fraction of sp³-hybridized carbons (Fsp3) is 0.278. The number of amides is 1. The van der Waals surface area contributed by atoms with Gasteiger partial charge in [-0.25, -0.2) is 8.42 Å². The van der Waals surface area contributed by atoms with Crippen LogP contribution in [0.5, 0.6) is 0 Å². The molecule has 0 fully saturated rings. The van der Waals surface area contributed by atoms with Gasteiger partial charge in [0.25, 0.3) is 0 Å². The van der Waals surface area contributed by atoms with Gasteiger partial charge in [-0.15, -0.1) is 0 Å². The molecule has 0 saturated heterocycles. The van der Waals surface area contributed by atoms with Crippen molar-refractivity contribution in [3.8, 4) is 0 Å². The highest BCUT2D eigenvalue weighted by molar-refractivity contribution is 7.89. The molecule has 0 aliphatic rings. The van der Waals surface area contributed by atoms with E-state index in [4.69, 9.17) is 23.2 Å². The summed E-state index contributed by atoms with van der Waals surface area (Å²) < 4.78 is 27.4. The summed E-state index contributed by atoms with van der Waals surface area (Å²) in [5, 5.41) is 3.07. The third kappa shape index (κ3) is 4.76. The van der Waals surface area contributed by atoms with Crippen molar-refractivity contribution in [2.24, 2.45) is 0 Å². The SMILES string of the molecule is CCc1cccc(C)c1NC(=O)[C@@H](C)NS(=O)(=O)c1cc(Cl)ccc1Cl. The van der Waals surface area contributed by atoms with Gasteiger partial charge < -0.3 is 5.32 Å². The van der Waals surface area contributed by atoms with E-state index >= 15 is 0 Å². The molecule has 2 aromatic rings. The van der Waals surface area contributed by atoms with E-state index in [2.05, 4.69) is 10.0 Å². The number of hydrogen-bond acceptors (Lipinski definition) is 3. The number of halogens is 2. The van der Waals surface area contributed by atoms with Crippen LogP contribution in [0.3, 0.4) is 0 Å². The fourth-order valence-corrected chi connectivity index (χ4v) is 4.43. The monoisotopic (exact) mass is 414 g/mol. The van der Waals surface area contributed by atoms with Crippen LogP contribution in [-0.4, -0.2) is 20.4 Å². The van der Waals surface area contributed by atoms with Crippen LogP contribution < -0.4 is 10.0 Å². The molecule has 1 amide bonds. The number of benzene rings is 2. The molecule has 140 valence electrons. The Balaban J connectivity index is 2.20. The van der Waals surface area contributed by atoms with Crippen molar-refractivity contribution in [3.05, 3.63) is 57.6 Å². The molecule has 26 heavy (non-hydrogen) atoms. The highest BCUT2D eigenvalue weighted by atomic mass is 35.5. The van der Waals surface area contributed by atoms with E-state index in [1.807, 2.05) is 32.0 Å². The third-order valence-corrected chi connectivity index (χ3v) is 6.15. The lowest BCUT2D eigenvalue weighted by molar-refractivity contribution is -0.117. The predicted molar refractivity (Wildman–Crippen MR) is 105 cm³/mol. The lowest BCUT2D eigenvalue weighted by Crippen LogP contribution is -2.41. The first kappa shape index (κ1) is 20.7. The van der Waals surface area contributed by atoms with Crippen LogP contribution in [0.2, 0.25) is 10.0 Å². The van der Waals surface area contributed by atoms with E-state index in [0.717, 1.165) is 17.5 Å². The zero-order valence-corrected chi connectivity index (χ0v) is 17.0. The molecule has 2 rings (SSSR count). The van der Waals surface area contributed by atoms with Gasteiger partial charge in [0.05, 0.1) is 11.1 Å². The standard InChI is InChI=1S/C18H20Cl2N2O3S/c1-4-13-7-5-6-11(2)17(13)21-18(23)12(3)22-26(24,25)16-10-14(19)8-9-15(16)20/h5-10,12,22H,4H2,1-3H3,(H,21,23)/t12-/m1/s1. The minimum atomic E-state index is -4.00. The molecule has 8 heteroatoms. The Bertz CT molecular complexity index is 930. The van der Waals surface area contributed by atoms with E-state index in [9.17, 15) is 13.2 Å². The first-order valence-corrected chi connectivity index (χ1v) is 10.3. The van der Waals surface area contributed by atoms with Crippen LogP contribution in [0.15, 0.2) is 41.3 Å². The Kier molecular flexibility index (Phi) is 6.69. The second-order valence-electron chi connectivity index (χ2n) is 5.87. The number of sulfonamides is 1. The molecule has 0 aliphatic carbocycles. The highest BCUT2D eigenvalue weighted by Crippen LogP contribution is 2.25. The summed E-state index contributed by atoms with van der Waals surface area (Å²) in [7, 11) is -4.00. The fourth-order valence-electron chi connectivity index (χ4n) is 2.47. The van der Waals surface area contributed by atoms with Crippen molar-refractivity contribution in [3.63, 3.8) is 0 Å². The molecular weight excluding hydrogens is 395 g/mol. The molecule has 1 atom stereocenters. The van der Waals surface area contributed by atoms with Crippen LogP contribution in [0.1, 0.15) is 25.0 Å². The van der Waals surface area contributed by atoms with Crippen molar-refractivity contribution in [2.75, 3.05) is 5.32 Å². The Hall–Kier alpha value is -1.60. The number of aryl methyl sites for hydroxylation is 2.